The number of hydrogen-bond donors (Lipinski definition) is 0. The molecule has 2 rings (SSSR count). The number of nitrogens with zero attached hydrogens (tertiary/aromatic N) is 2. The molecule has 1 aliphatic heterocycles. The molecule has 5 heteroatoms. The number of aromatic nitrogens is 1. The van der Waals surface area contributed by atoms with Crippen molar-refractivity contribution in [2.75, 3.05) is 13.1 Å². The lowest BCUT2D eigenvalue weighted by Gasteiger charge is -2.31. The third-order valence-corrected chi connectivity index (χ3v) is 3.67. The molecule has 0 aliphatic carbocycles. The summed E-state index contributed by atoms with van der Waals surface area (Å²) in [5, 5.41) is 0. The minimum atomic E-state index is -0.0591. The molecule has 1 saturated heterocycles. The molecule has 0 bridgehead atoms. The summed E-state index contributed by atoms with van der Waals surface area (Å²) in [6, 6.07) is 3.39. The Labute approximate surface area is 112 Å². The number of piperidine rings is 1. The number of amides is 1. The SMILES string of the molecule is CC(=O)N1CCC(Oc2cc(C)n(C)c(=O)c2)CC1. The number of hydrogen-bond acceptors (Lipinski definition) is 3. The smallest absolute Gasteiger partial charge is 0.254 e. The van der Waals surface area contributed by atoms with Crippen LogP contribution in [-0.4, -0.2) is 34.6 Å². The molecule has 1 aromatic heterocycles. The Morgan fingerprint density at radius 3 is 2.47 bits per heavy atom. The summed E-state index contributed by atoms with van der Waals surface area (Å²) in [5.41, 5.74) is 0.819. The second-order valence-corrected chi connectivity index (χ2v) is 5.05. The zero-order valence-corrected chi connectivity index (χ0v) is 11.7. The van der Waals surface area contributed by atoms with Crippen molar-refractivity contribution in [1.29, 1.82) is 0 Å². The van der Waals surface area contributed by atoms with Gasteiger partial charge in [0.1, 0.15) is 11.9 Å². The summed E-state index contributed by atoms with van der Waals surface area (Å²) in [6.07, 6.45) is 1.71. The van der Waals surface area contributed by atoms with E-state index in [1.165, 1.54) is 6.07 Å². The van der Waals surface area contributed by atoms with Crippen LogP contribution in [0.2, 0.25) is 0 Å². The predicted molar refractivity (Wildman–Crippen MR) is 72.3 cm³/mol. The van der Waals surface area contributed by atoms with Crippen LogP contribution in [0.4, 0.5) is 0 Å². The number of likely N-dealkylation sites (tertiary alicyclic amines) is 1. The van der Waals surface area contributed by atoms with Gasteiger partial charge in [-0.25, -0.2) is 0 Å². The third-order valence-electron chi connectivity index (χ3n) is 3.67. The van der Waals surface area contributed by atoms with Gasteiger partial charge in [0.15, 0.2) is 0 Å². The van der Waals surface area contributed by atoms with Gasteiger partial charge in [0, 0.05) is 51.7 Å². The Bertz CT molecular complexity index is 528. The fourth-order valence-electron chi connectivity index (χ4n) is 2.29. The quantitative estimate of drug-likeness (QED) is 0.803. The zero-order chi connectivity index (χ0) is 14.0. The highest BCUT2D eigenvalue weighted by atomic mass is 16.5. The summed E-state index contributed by atoms with van der Waals surface area (Å²) >= 11 is 0. The van der Waals surface area contributed by atoms with Gasteiger partial charge < -0.3 is 14.2 Å². The highest BCUT2D eigenvalue weighted by molar-refractivity contribution is 5.73. The van der Waals surface area contributed by atoms with E-state index in [-0.39, 0.29) is 17.6 Å². The zero-order valence-electron chi connectivity index (χ0n) is 11.7. The maximum absolute atomic E-state index is 11.7. The number of carbonyl (C=O) groups excluding carboxylic acids is 1. The van der Waals surface area contributed by atoms with Crippen molar-refractivity contribution >= 4 is 5.91 Å². The van der Waals surface area contributed by atoms with E-state index in [2.05, 4.69) is 0 Å². The van der Waals surface area contributed by atoms with Crippen LogP contribution in [0.15, 0.2) is 16.9 Å². The van der Waals surface area contributed by atoms with Crippen LogP contribution in [0.25, 0.3) is 0 Å². The summed E-state index contributed by atoms with van der Waals surface area (Å²) in [5.74, 6) is 0.741. The number of aryl methyl sites for hydroxylation is 1. The number of rotatable bonds is 2. The van der Waals surface area contributed by atoms with E-state index in [4.69, 9.17) is 4.74 Å². The van der Waals surface area contributed by atoms with Crippen molar-refractivity contribution in [3.63, 3.8) is 0 Å². The Morgan fingerprint density at radius 2 is 1.95 bits per heavy atom. The summed E-state index contributed by atoms with van der Waals surface area (Å²) in [4.78, 5) is 24.7. The van der Waals surface area contributed by atoms with Gasteiger partial charge in [-0.2, -0.15) is 0 Å². The van der Waals surface area contributed by atoms with Crippen LogP contribution >= 0.6 is 0 Å². The molecule has 1 aromatic rings. The number of ether oxygens (including phenoxy) is 1. The second kappa shape index (κ2) is 5.47. The van der Waals surface area contributed by atoms with Crippen LogP contribution in [0.1, 0.15) is 25.5 Å². The highest BCUT2D eigenvalue weighted by Crippen LogP contribution is 2.18. The van der Waals surface area contributed by atoms with E-state index < -0.39 is 0 Å². The number of carbonyl (C=O) groups is 1. The first-order valence-corrected chi connectivity index (χ1v) is 6.57. The fraction of sp³-hybridized carbons (Fsp3) is 0.571. The van der Waals surface area contributed by atoms with Crippen molar-refractivity contribution in [2.24, 2.45) is 7.05 Å². The Kier molecular flexibility index (Phi) is 3.93. The lowest BCUT2D eigenvalue weighted by atomic mass is 10.1. The molecule has 1 aliphatic rings. The van der Waals surface area contributed by atoms with Crippen LogP contribution < -0.4 is 10.3 Å². The minimum Gasteiger partial charge on any atom is -0.490 e. The Morgan fingerprint density at radius 1 is 1.32 bits per heavy atom. The third kappa shape index (κ3) is 3.16. The van der Waals surface area contributed by atoms with E-state index in [0.717, 1.165) is 31.6 Å². The van der Waals surface area contributed by atoms with Gasteiger partial charge in [-0.05, 0) is 13.0 Å². The molecule has 0 radical (unpaired) electrons. The van der Waals surface area contributed by atoms with Crippen LogP contribution in [-0.2, 0) is 11.8 Å². The average Bonchev–Trinajstić information content (AvgIpc) is 2.36. The molecule has 0 spiro atoms. The highest BCUT2D eigenvalue weighted by Gasteiger charge is 2.22. The topological polar surface area (TPSA) is 51.5 Å². The molecular weight excluding hydrogens is 244 g/mol. The summed E-state index contributed by atoms with van der Waals surface area (Å²) in [7, 11) is 1.74. The Hall–Kier alpha value is -1.78. The maximum atomic E-state index is 11.7. The van der Waals surface area contributed by atoms with Crippen molar-refractivity contribution < 1.29 is 9.53 Å². The van der Waals surface area contributed by atoms with E-state index in [1.54, 1.807) is 18.5 Å². The molecule has 0 unspecified atom stereocenters. The average molecular weight is 264 g/mol. The standard InChI is InChI=1S/C14H20N2O3/c1-10-8-13(9-14(18)15(10)3)19-12-4-6-16(7-5-12)11(2)17/h8-9,12H,4-7H2,1-3H3. The van der Waals surface area contributed by atoms with Gasteiger partial charge in [0.25, 0.3) is 5.56 Å². The van der Waals surface area contributed by atoms with Crippen molar-refractivity contribution in [3.05, 3.63) is 28.2 Å². The Balaban J connectivity index is 2.00. The molecule has 5 nitrogen and oxygen atoms in total. The van der Waals surface area contributed by atoms with Crippen molar-refractivity contribution in [3.8, 4) is 5.75 Å². The molecule has 104 valence electrons. The lowest BCUT2D eigenvalue weighted by Crippen LogP contribution is -2.40. The second-order valence-electron chi connectivity index (χ2n) is 5.05. The first-order chi connectivity index (χ1) is 8.97. The summed E-state index contributed by atoms with van der Waals surface area (Å²) in [6.45, 7) is 4.92. The molecule has 0 atom stereocenters. The monoisotopic (exact) mass is 264 g/mol. The van der Waals surface area contributed by atoms with Gasteiger partial charge in [-0.1, -0.05) is 0 Å². The van der Waals surface area contributed by atoms with Crippen molar-refractivity contribution in [2.45, 2.75) is 32.8 Å². The normalized spacial score (nSPS) is 16.5. The van der Waals surface area contributed by atoms with Gasteiger partial charge in [0.2, 0.25) is 5.91 Å². The van der Waals surface area contributed by atoms with Crippen LogP contribution in [0.5, 0.6) is 5.75 Å². The van der Waals surface area contributed by atoms with Crippen molar-refractivity contribution in [1.82, 2.24) is 9.47 Å². The molecule has 0 N–H and O–H groups in total. The molecule has 2 heterocycles. The van der Waals surface area contributed by atoms with Gasteiger partial charge >= 0.3 is 0 Å². The fourth-order valence-corrected chi connectivity index (χ4v) is 2.29. The van der Waals surface area contributed by atoms with E-state index in [9.17, 15) is 9.59 Å². The summed E-state index contributed by atoms with van der Waals surface area (Å²) < 4.78 is 7.44. The maximum Gasteiger partial charge on any atom is 0.254 e. The molecular formula is C14H20N2O3. The van der Waals surface area contributed by atoms with Gasteiger partial charge in [-0.3, -0.25) is 9.59 Å². The number of pyridine rings is 1. The largest absolute Gasteiger partial charge is 0.490 e. The molecule has 1 fully saturated rings. The molecule has 0 aromatic carbocycles. The lowest BCUT2D eigenvalue weighted by molar-refractivity contribution is -0.130. The van der Waals surface area contributed by atoms with Crippen LogP contribution in [0.3, 0.4) is 0 Å². The minimum absolute atomic E-state index is 0.0591. The first kappa shape index (κ1) is 13.6. The molecule has 0 saturated carbocycles. The van der Waals surface area contributed by atoms with Crippen LogP contribution in [0, 0.1) is 6.92 Å². The van der Waals surface area contributed by atoms with E-state index in [0.29, 0.717) is 5.75 Å². The predicted octanol–water partition coefficient (Wildman–Crippen LogP) is 1.08. The van der Waals surface area contributed by atoms with E-state index in [1.807, 2.05) is 17.9 Å². The molecule has 1 amide bonds. The molecule has 19 heavy (non-hydrogen) atoms. The van der Waals surface area contributed by atoms with E-state index >= 15 is 0 Å². The first-order valence-electron chi connectivity index (χ1n) is 6.57. The van der Waals surface area contributed by atoms with Gasteiger partial charge in [-0.15, -0.1) is 0 Å². The van der Waals surface area contributed by atoms with Gasteiger partial charge in [0.05, 0.1) is 0 Å².